The second-order valence-corrected chi connectivity index (χ2v) is 9.19. The molecular formula is C24H26N2O3S. The molecule has 156 valence electrons. The molecule has 0 heterocycles. The van der Waals surface area contributed by atoms with Crippen molar-refractivity contribution in [2.24, 2.45) is 0 Å². The largest absolute Gasteiger partial charge is 0.346 e. The zero-order valence-corrected chi connectivity index (χ0v) is 18.4. The van der Waals surface area contributed by atoms with Crippen LogP contribution in [-0.2, 0) is 10.0 Å². The number of nitrogens with one attached hydrogen (secondary N) is 2. The first-order valence-electron chi connectivity index (χ1n) is 9.74. The van der Waals surface area contributed by atoms with Crippen molar-refractivity contribution >= 4 is 21.6 Å². The lowest BCUT2D eigenvalue weighted by Crippen LogP contribution is -2.27. The lowest BCUT2D eigenvalue weighted by molar-refractivity contribution is 0.0939. The van der Waals surface area contributed by atoms with Crippen LogP contribution in [0.3, 0.4) is 0 Å². The summed E-state index contributed by atoms with van der Waals surface area (Å²) in [5.41, 5.74) is 4.97. The number of hydrogen-bond acceptors (Lipinski definition) is 3. The van der Waals surface area contributed by atoms with Crippen molar-refractivity contribution in [1.82, 2.24) is 5.32 Å². The van der Waals surface area contributed by atoms with Crippen molar-refractivity contribution in [2.45, 2.75) is 38.6 Å². The lowest BCUT2D eigenvalue weighted by atomic mass is 10.00. The SMILES string of the molecule is Cc1ccc([C@@H](C)NC(=O)c2ccc(NS(=O)(=O)c3ccccc3)c(C)c2)c(C)c1. The number of benzene rings is 3. The highest BCUT2D eigenvalue weighted by molar-refractivity contribution is 7.92. The average Bonchev–Trinajstić information content (AvgIpc) is 2.70. The van der Waals surface area contributed by atoms with E-state index in [-0.39, 0.29) is 16.8 Å². The van der Waals surface area contributed by atoms with E-state index in [0.29, 0.717) is 16.8 Å². The molecule has 3 aromatic carbocycles. The van der Waals surface area contributed by atoms with Gasteiger partial charge in [-0.05, 0) is 74.7 Å². The van der Waals surface area contributed by atoms with E-state index >= 15 is 0 Å². The van der Waals surface area contributed by atoms with E-state index in [0.717, 1.165) is 11.1 Å². The van der Waals surface area contributed by atoms with Gasteiger partial charge in [0, 0.05) is 5.56 Å². The summed E-state index contributed by atoms with van der Waals surface area (Å²) < 4.78 is 27.7. The van der Waals surface area contributed by atoms with Gasteiger partial charge in [-0.3, -0.25) is 9.52 Å². The second-order valence-electron chi connectivity index (χ2n) is 7.50. The van der Waals surface area contributed by atoms with Crippen LogP contribution in [0.2, 0.25) is 0 Å². The zero-order chi connectivity index (χ0) is 21.9. The summed E-state index contributed by atoms with van der Waals surface area (Å²) >= 11 is 0. The molecule has 0 aliphatic carbocycles. The molecule has 0 radical (unpaired) electrons. The highest BCUT2D eigenvalue weighted by Crippen LogP contribution is 2.22. The number of anilines is 1. The van der Waals surface area contributed by atoms with Crippen molar-refractivity contribution < 1.29 is 13.2 Å². The molecule has 3 aromatic rings. The quantitative estimate of drug-likeness (QED) is 0.593. The Morgan fingerprint density at radius 2 is 1.57 bits per heavy atom. The standard InChI is InChI=1S/C24H26N2O3S/c1-16-10-12-22(17(2)14-16)19(4)25-24(27)20-11-13-23(18(3)15-20)26-30(28,29)21-8-6-5-7-9-21/h5-15,19,26H,1-4H3,(H,25,27)/t19-/m1/s1. The van der Waals surface area contributed by atoms with E-state index in [1.165, 1.54) is 17.7 Å². The zero-order valence-electron chi connectivity index (χ0n) is 17.6. The summed E-state index contributed by atoms with van der Waals surface area (Å²) in [5, 5.41) is 3.02. The predicted octanol–water partition coefficient (Wildman–Crippen LogP) is 4.90. The van der Waals surface area contributed by atoms with E-state index in [1.807, 2.05) is 32.9 Å². The molecule has 0 aliphatic rings. The first-order chi connectivity index (χ1) is 14.2. The van der Waals surface area contributed by atoms with E-state index in [4.69, 9.17) is 0 Å². The van der Waals surface area contributed by atoms with Crippen LogP contribution in [0, 0.1) is 20.8 Å². The van der Waals surface area contributed by atoms with Crippen molar-refractivity contribution in [3.05, 3.63) is 94.5 Å². The van der Waals surface area contributed by atoms with Crippen LogP contribution in [-0.4, -0.2) is 14.3 Å². The molecular weight excluding hydrogens is 396 g/mol. The van der Waals surface area contributed by atoms with Crippen LogP contribution < -0.4 is 10.0 Å². The van der Waals surface area contributed by atoms with Crippen molar-refractivity contribution in [3.8, 4) is 0 Å². The third-order valence-electron chi connectivity index (χ3n) is 5.03. The number of amides is 1. The highest BCUT2D eigenvalue weighted by Gasteiger charge is 2.17. The minimum atomic E-state index is -3.68. The molecule has 0 aromatic heterocycles. The average molecular weight is 423 g/mol. The fraction of sp³-hybridized carbons (Fsp3) is 0.208. The van der Waals surface area contributed by atoms with Crippen LogP contribution in [0.5, 0.6) is 0 Å². The molecule has 0 saturated carbocycles. The minimum absolute atomic E-state index is 0.144. The molecule has 0 bridgehead atoms. The summed E-state index contributed by atoms with van der Waals surface area (Å²) in [6, 6.07) is 19.1. The van der Waals surface area contributed by atoms with E-state index in [9.17, 15) is 13.2 Å². The van der Waals surface area contributed by atoms with Gasteiger partial charge in [-0.15, -0.1) is 0 Å². The van der Waals surface area contributed by atoms with Crippen molar-refractivity contribution in [2.75, 3.05) is 4.72 Å². The van der Waals surface area contributed by atoms with Crippen LogP contribution >= 0.6 is 0 Å². The Morgan fingerprint density at radius 3 is 2.20 bits per heavy atom. The molecule has 0 unspecified atom stereocenters. The van der Waals surface area contributed by atoms with Gasteiger partial charge in [0.05, 0.1) is 16.6 Å². The summed E-state index contributed by atoms with van der Waals surface area (Å²) in [7, 11) is -3.68. The fourth-order valence-corrected chi connectivity index (χ4v) is 4.54. The molecule has 0 fully saturated rings. The van der Waals surface area contributed by atoms with Crippen LogP contribution in [0.25, 0.3) is 0 Å². The van der Waals surface area contributed by atoms with Gasteiger partial charge < -0.3 is 5.32 Å². The Bertz CT molecular complexity index is 1170. The molecule has 0 spiro atoms. The van der Waals surface area contributed by atoms with Gasteiger partial charge in [0.1, 0.15) is 0 Å². The molecule has 1 amide bonds. The molecule has 0 aliphatic heterocycles. The van der Waals surface area contributed by atoms with Crippen LogP contribution in [0.15, 0.2) is 71.6 Å². The third-order valence-corrected chi connectivity index (χ3v) is 6.41. The number of rotatable bonds is 6. The van der Waals surface area contributed by atoms with Crippen LogP contribution in [0.4, 0.5) is 5.69 Å². The number of hydrogen-bond donors (Lipinski definition) is 2. The number of carbonyl (C=O) groups excluding carboxylic acids is 1. The van der Waals surface area contributed by atoms with E-state index in [1.54, 1.807) is 43.3 Å². The van der Waals surface area contributed by atoms with Crippen LogP contribution in [0.1, 0.15) is 45.6 Å². The maximum Gasteiger partial charge on any atom is 0.261 e. The Balaban J connectivity index is 1.75. The lowest BCUT2D eigenvalue weighted by Gasteiger charge is -2.18. The summed E-state index contributed by atoms with van der Waals surface area (Å²) in [5.74, 6) is -0.206. The molecule has 30 heavy (non-hydrogen) atoms. The monoisotopic (exact) mass is 422 g/mol. The first-order valence-corrected chi connectivity index (χ1v) is 11.2. The first kappa shape index (κ1) is 21.6. The Hall–Kier alpha value is -3.12. The van der Waals surface area contributed by atoms with Gasteiger partial charge in [-0.25, -0.2) is 8.42 Å². The van der Waals surface area contributed by atoms with Gasteiger partial charge >= 0.3 is 0 Å². The Kier molecular flexibility index (Phi) is 6.27. The van der Waals surface area contributed by atoms with Gasteiger partial charge in [0.2, 0.25) is 0 Å². The number of aryl methyl sites for hydroxylation is 3. The molecule has 2 N–H and O–H groups in total. The van der Waals surface area contributed by atoms with E-state index < -0.39 is 10.0 Å². The highest BCUT2D eigenvalue weighted by atomic mass is 32.2. The molecule has 5 nitrogen and oxygen atoms in total. The summed E-state index contributed by atoms with van der Waals surface area (Å²) in [6.07, 6.45) is 0. The van der Waals surface area contributed by atoms with E-state index in [2.05, 4.69) is 16.1 Å². The number of carbonyl (C=O) groups is 1. The van der Waals surface area contributed by atoms with Crippen molar-refractivity contribution in [3.63, 3.8) is 0 Å². The fourth-order valence-electron chi connectivity index (χ4n) is 3.39. The smallest absolute Gasteiger partial charge is 0.261 e. The van der Waals surface area contributed by atoms with Crippen molar-refractivity contribution in [1.29, 1.82) is 0 Å². The Labute approximate surface area is 178 Å². The Morgan fingerprint density at radius 1 is 0.867 bits per heavy atom. The summed E-state index contributed by atoms with van der Waals surface area (Å²) in [4.78, 5) is 12.9. The van der Waals surface area contributed by atoms with Gasteiger partial charge in [-0.2, -0.15) is 0 Å². The maximum atomic E-state index is 12.7. The second kappa shape index (κ2) is 8.71. The predicted molar refractivity (Wildman–Crippen MR) is 120 cm³/mol. The number of sulfonamides is 1. The van der Waals surface area contributed by atoms with Gasteiger partial charge in [0.25, 0.3) is 15.9 Å². The normalized spacial score (nSPS) is 12.3. The summed E-state index contributed by atoms with van der Waals surface area (Å²) in [6.45, 7) is 7.79. The van der Waals surface area contributed by atoms with Gasteiger partial charge in [-0.1, -0.05) is 42.0 Å². The van der Waals surface area contributed by atoms with Gasteiger partial charge in [0.15, 0.2) is 0 Å². The molecule has 1 atom stereocenters. The molecule has 0 saturated heterocycles. The topological polar surface area (TPSA) is 75.3 Å². The minimum Gasteiger partial charge on any atom is -0.346 e. The molecule has 3 rings (SSSR count). The third kappa shape index (κ3) is 4.89. The maximum absolute atomic E-state index is 12.7. The molecule has 6 heteroatoms.